The summed E-state index contributed by atoms with van der Waals surface area (Å²) in [6.07, 6.45) is 1.51. The van der Waals surface area contributed by atoms with Crippen molar-refractivity contribution in [2.75, 3.05) is 37.4 Å². The lowest BCUT2D eigenvalue weighted by Gasteiger charge is -2.08. The molecule has 0 radical (unpaired) electrons. The average Bonchev–Trinajstić information content (AvgIpc) is 2.43. The van der Waals surface area contributed by atoms with Gasteiger partial charge >= 0.3 is 0 Å². The summed E-state index contributed by atoms with van der Waals surface area (Å²) in [6, 6.07) is 6.89. The van der Waals surface area contributed by atoms with Crippen molar-refractivity contribution in [2.24, 2.45) is 5.73 Å². The Labute approximate surface area is 121 Å². The van der Waals surface area contributed by atoms with Crippen LogP contribution in [0, 0.1) is 0 Å². The number of hydrogen-bond donors (Lipinski definition) is 2. The minimum absolute atomic E-state index is 0.193. The van der Waals surface area contributed by atoms with Crippen molar-refractivity contribution < 1.29 is 13.2 Å². The SMILES string of the molecule is CCCS(=O)(=O)c1ccc(NCCCOCCN)cc1. The van der Waals surface area contributed by atoms with E-state index in [0.29, 0.717) is 31.1 Å². The summed E-state index contributed by atoms with van der Waals surface area (Å²) in [5.74, 6) is 0.193. The van der Waals surface area contributed by atoms with E-state index in [0.717, 1.165) is 18.7 Å². The molecule has 0 aliphatic heterocycles. The van der Waals surface area contributed by atoms with Crippen LogP contribution in [0.3, 0.4) is 0 Å². The molecule has 0 heterocycles. The number of sulfone groups is 1. The number of hydrogen-bond acceptors (Lipinski definition) is 5. The predicted octanol–water partition coefficient (Wildman–Crippen LogP) is 1.65. The second kappa shape index (κ2) is 8.94. The first-order chi connectivity index (χ1) is 9.60. The Kier molecular flexibility index (Phi) is 7.58. The Hall–Kier alpha value is -1.11. The maximum atomic E-state index is 11.9. The Morgan fingerprint density at radius 3 is 2.50 bits per heavy atom. The van der Waals surface area contributed by atoms with Gasteiger partial charge in [0.25, 0.3) is 0 Å². The number of nitrogens with two attached hydrogens (primary N) is 1. The fourth-order valence-electron chi connectivity index (χ4n) is 1.76. The first-order valence-electron chi connectivity index (χ1n) is 6.94. The third-order valence-electron chi connectivity index (χ3n) is 2.74. The summed E-state index contributed by atoms with van der Waals surface area (Å²) in [4.78, 5) is 0.385. The topological polar surface area (TPSA) is 81.4 Å². The summed E-state index contributed by atoms with van der Waals surface area (Å²) < 4.78 is 29.0. The highest BCUT2D eigenvalue weighted by Crippen LogP contribution is 2.16. The van der Waals surface area contributed by atoms with Crippen LogP contribution in [0.2, 0.25) is 0 Å². The number of ether oxygens (including phenoxy) is 1. The van der Waals surface area contributed by atoms with Crippen molar-refractivity contribution in [2.45, 2.75) is 24.7 Å². The summed E-state index contributed by atoms with van der Waals surface area (Å²) >= 11 is 0. The van der Waals surface area contributed by atoms with Gasteiger partial charge in [-0.05, 0) is 37.1 Å². The molecule has 3 N–H and O–H groups in total. The number of rotatable bonds is 10. The smallest absolute Gasteiger partial charge is 0.178 e. The number of benzene rings is 1. The number of nitrogens with one attached hydrogen (secondary N) is 1. The minimum atomic E-state index is -3.12. The highest BCUT2D eigenvalue weighted by atomic mass is 32.2. The molecule has 0 aromatic heterocycles. The van der Waals surface area contributed by atoms with Gasteiger partial charge < -0.3 is 15.8 Å². The maximum Gasteiger partial charge on any atom is 0.178 e. The van der Waals surface area contributed by atoms with E-state index >= 15 is 0 Å². The Bertz CT molecular complexity index is 472. The molecule has 0 unspecified atom stereocenters. The highest BCUT2D eigenvalue weighted by Gasteiger charge is 2.12. The zero-order chi connectivity index (χ0) is 14.8. The third kappa shape index (κ3) is 5.90. The molecule has 0 amide bonds. The molecule has 1 aromatic rings. The van der Waals surface area contributed by atoms with Gasteiger partial charge in [-0.1, -0.05) is 6.92 Å². The Morgan fingerprint density at radius 2 is 1.90 bits per heavy atom. The largest absolute Gasteiger partial charge is 0.385 e. The average molecular weight is 300 g/mol. The molecule has 1 rings (SSSR count). The van der Waals surface area contributed by atoms with Gasteiger partial charge in [-0.15, -0.1) is 0 Å². The summed E-state index contributed by atoms with van der Waals surface area (Å²) in [7, 11) is -3.12. The van der Waals surface area contributed by atoms with Crippen LogP contribution in [-0.4, -0.2) is 40.5 Å². The van der Waals surface area contributed by atoms with Gasteiger partial charge in [-0.25, -0.2) is 8.42 Å². The van der Waals surface area contributed by atoms with E-state index in [-0.39, 0.29) is 5.75 Å². The van der Waals surface area contributed by atoms with Gasteiger partial charge in [0.1, 0.15) is 0 Å². The van der Waals surface area contributed by atoms with Gasteiger partial charge in [-0.3, -0.25) is 0 Å². The van der Waals surface area contributed by atoms with Crippen molar-refractivity contribution >= 4 is 15.5 Å². The van der Waals surface area contributed by atoms with E-state index in [2.05, 4.69) is 5.32 Å². The molecule has 1 aromatic carbocycles. The molecule has 5 nitrogen and oxygen atoms in total. The first-order valence-corrected chi connectivity index (χ1v) is 8.60. The molecule has 0 atom stereocenters. The molecule has 20 heavy (non-hydrogen) atoms. The van der Waals surface area contributed by atoms with Crippen molar-refractivity contribution in [3.05, 3.63) is 24.3 Å². The summed E-state index contributed by atoms with van der Waals surface area (Å²) in [5.41, 5.74) is 6.23. The molecule has 0 aliphatic rings. The van der Waals surface area contributed by atoms with Crippen LogP contribution in [0.1, 0.15) is 19.8 Å². The minimum Gasteiger partial charge on any atom is -0.385 e. The summed E-state index contributed by atoms with van der Waals surface area (Å²) in [5, 5.41) is 3.23. The molecule has 0 aliphatic carbocycles. The second-order valence-electron chi connectivity index (χ2n) is 4.52. The van der Waals surface area contributed by atoms with E-state index in [1.807, 2.05) is 6.92 Å². The molecule has 0 bridgehead atoms. The van der Waals surface area contributed by atoms with Crippen LogP contribution >= 0.6 is 0 Å². The van der Waals surface area contributed by atoms with E-state index in [1.54, 1.807) is 24.3 Å². The van der Waals surface area contributed by atoms with Crippen LogP contribution < -0.4 is 11.1 Å². The molecular weight excluding hydrogens is 276 g/mol. The van der Waals surface area contributed by atoms with Crippen molar-refractivity contribution in [1.29, 1.82) is 0 Å². The third-order valence-corrected chi connectivity index (χ3v) is 4.68. The molecular formula is C14H24N2O3S. The normalized spacial score (nSPS) is 11.5. The van der Waals surface area contributed by atoms with Gasteiger partial charge in [0, 0.05) is 25.4 Å². The standard InChI is InChI=1S/C14H24N2O3S/c1-2-12-20(17,18)14-6-4-13(5-7-14)16-9-3-10-19-11-8-15/h4-7,16H,2-3,8-12,15H2,1H3. The van der Waals surface area contributed by atoms with Gasteiger partial charge in [-0.2, -0.15) is 0 Å². The van der Waals surface area contributed by atoms with Crippen LogP contribution in [0.4, 0.5) is 5.69 Å². The van der Waals surface area contributed by atoms with Crippen LogP contribution in [0.25, 0.3) is 0 Å². The van der Waals surface area contributed by atoms with Gasteiger partial charge in [0.15, 0.2) is 9.84 Å². The van der Waals surface area contributed by atoms with Crippen molar-refractivity contribution in [3.8, 4) is 0 Å². The van der Waals surface area contributed by atoms with Crippen LogP contribution in [0.5, 0.6) is 0 Å². The lowest BCUT2D eigenvalue weighted by atomic mass is 10.3. The first kappa shape index (κ1) is 16.9. The number of anilines is 1. The highest BCUT2D eigenvalue weighted by molar-refractivity contribution is 7.91. The van der Waals surface area contributed by atoms with E-state index in [9.17, 15) is 8.42 Å². The lowest BCUT2D eigenvalue weighted by molar-refractivity contribution is 0.141. The monoisotopic (exact) mass is 300 g/mol. The molecule has 0 saturated heterocycles. The zero-order valence-corrected chi connectivity index (χ0v) is 12.8. The van der Waals surface area contributed by atoms with E-state index < -0.39 is 9.84 Å². The fraction of sp³-hybridized carbons (Fsp3) is 0.571. The molecule has 114 valence electrons. The van der Waals surface area contributed by atoms with Crippen molar-refractivity contribution in [1.82, 2.24) is 0 Å². The molecule has 0 spiro atoms. The van der Waals surface area contributed by atoms with Gasteiger partial charge in [0.05, 0.1) is 17.3 Å². The van der Waals surface area contributed by atoms with Crippen LogP contribution in [0.15, 0.2) is 29.2 Å². The zero-order valence-electron chi connectivity index (χ0n) is 12.0. The molecule has 0 fully saturated rings. The van der Waals surface area contributed by atoms with E-state index in [4.69, 9.17) is 10.5 Å². The Balaban J connectivity index is 2.39. The van der Waals surface area contributed by atoms with Gasteiger partial charge in [0.2, 0.25) is 0 Å². The van der Waals surface area contributed by atoms with E-state index in [1.165, 1.54) is 0 Å². The summed E-state index contributed by atoms with van der Waals surface area (Å²) in [6.45, 7) is 4.45. The molecule has 0 saturated carbocycles. The maximum absolute atomic E-state index is 11.9. The predicted molar refractivity (Wildman–Crippen MR) is 81.8 cm³/mol. The fourth-order valence-corrected chi connectivity index (χ4v) is 3.08. The lowest BCUT2D eigenvalue weighted by Crippen LogP contribution is -2.11. The Morgan fingerprint density at radius 1 is 1.20 bits per heavy atom. The van der Waals surface area contributed by atoms with Crippen LogP contribution in [-0.2, 0) is 14.6 Å². The quantitative estimate of drug-likeness (QED) is 0.642. The molecule has 6 heteroatoms. The second-order valence-corrected chi connectivity index (χ2v) is 6.63. The van der Waals surface area contributed by atoms with Crippen molar-refractivity contribution in [3.63, 3.8) is 0 Å².